The Kier molecular flexibility index (Phi) is 3.33. The molecule has 0 bridgehead atoms. The van der Waals surface area contributed by atoms with E-state index in [0.717, 1.165) is 11.3 Å². The van der Waals surface area contributed by atoms with Crippen LogP contribution in [0.15, 0.2) is 48.9 Å². The van der Waals surface area contributed by atoms with Gasteiger partial charge in [-0.25, -0.2) is 9.67 Å². The van der Waals surface area contributed by atoms with E-state index >= 15 is 0 Å². The van der Waals surface area contributed by atoms with Gasteiger partial charge in [-0.15, -0.1) is 11.3 Å². The molecule has 0 saturated heterocycles. The molecule has 6 heteroatoms. The van der Waals surface area contributed by atoms with Crippen molar-refractivity contribution in [2.75, 3.05) is 0 Å². The first kappa shape index (κ1) is 13.3. The summed E-state index contributed by atoms with van der Waals surface area (Å²) in [5, 5.41) is 14.8. The van der Waals surface area contributed by atoms with Gasteiger partial charge < -0.3 is 5.11 Å². The maximum Gasteiger partial charge on any atom is 0.183 e. The SMILES string of the molecule is CC(O)(c1ccc(-n2cccn2)cc1)c1cnc(Cl)s1. The lowest BCUT2D eigenvalue weighted by molar-refractivity contribution is 0.106. The van der Waals surface area contributed by atoms with Crippen molar-refractivity contribution < 1.29 is 5.11 Å². The molecular formula is C14H12ClN3OS. The maximum atomic E-state index is 10.7. The number of hydrogen-bond acceptors (Lipinski definition) is 4. The lowest BCUT2D eigenvalue weighted by atomic mass is 9.95. The average Bonchev–Trinajstić information content (AvgIpc) is 3.10. The molecule has 1 N–H and O–H groups in total. The minimum Gasteiger partial charge on any atom is -0.380 e. The quantitative estimate of drug-likeness (QED) is 0.808. The average molecular weight is 306 g/mol. The number of hydrogen-bond donors (Lipinski definition) is 1. The van der Waals surface area contributed by atoms with E-state index in [1.165, 1.54) is 11.3 Å². The molecule has 0 aliphatic carbocycles. The summed E-state index contributed by atoms with van der Waals surface area (Å²) in [7, 11) is 0. The van der Waals surface area contributed by atoms with Gasteiger partial charge in [-0.1, -0.05) is 23.7 Å². The van der Waals surface area contributed by atoms with E-state index in [1.807, 2.05) is 36.5 Å². The molecule has 0 aliphatic heterocycles. The van der Waals surface area contributed by atoms with Gasteiger partial charge >= 0.3 is 0 Å². The zero-order chi connectivity index (χ0) is 14.2. The lowest BCUT2D eigenvalue weighted by Gasteiger charge is -2.22. The van der Waals surface area contributed by atoms with Crippen LogP contribution in [0.25, 0.3) is 5.69 Å². The van der Waals surface area contributed by atoms with Crippen molar-refractivity contribution in [2.24, 2.45) is 0 Å². The fraction of sp³-hybridized carbons (Fsp3) is 0.143. The van der Waals surface area contributed by atoms with Crippen LogP contribution in [0.3, 0.4) is 0 Å². The van der Waals surface area contributed by atoms with Gasteiger partial charge in [-0.05, 0) is 30.7 Å². The van der Waals surface area contributed by atoms with Gasteiger partial charge in [0.15, 0.2) is 4.47 Å². The van der Waals surface area contributed by atoms with Crippen molar-refractivity contribution >= 4 is 22.9 Å². The molecule has 1 aromatic carbocycles. The van der Waals surface area contributed by atoms with E-state index in [1.54, 1.807) is 24.0 Å². The zero-order valence-electron chi connectivity index (χ0n) is 10.7. The molecule has 0 amide bonds. The Morgan fingerprint density at radius 2 is 2.05 bits per heavy atom. The van der Waals surface area contributed by atoms with Gasteiger partial charge in [0.1, 0.15) is 5.60 Å². The molecule has 0 spiro atoms. The van der Waals surface area contributed by atoms with Gasteiger partial charge in [0, 0.05) is 18.6 Å². The molecule has 0 radical (unpaired) electrons. The largest absolute Gasteiger partial charge is 0.380 e. The molecule has 4 nitrogen and oxygen atoms in total. The van der Waals surface area contributed by atoms with Crippen LogP contribution in [0.1, 0.15) is 17.4 Å². The van der Waals surface area contributed by atoms with E-state index < -0.39 is 5.60 Å². The monoisotopic (exact) mass is 305 g/mol. The predicted octanol–water partition coefficient (Wildman–Crippen LogP) is 3.24. The van der Waals surface area contributed by atoms with Gasteiger partial charge in [-0.2, -0.15) is 5.10 Å². The second kappa shape index (κ2) is 5.01. The normalized spacial score (nSPS) is 14.2. The third-order valence-corrected chi connectivity index (χ3v) is 4.48. The summed E-state index contributed by atoms with van der Waals surface area (Å²) in [4.78, 5) is 4.69. The summed E-state index contributed by atoms with van der Waals surface area (Å²) >= 11 is 7.11. The second-order valence-electron chi connectivity index (χ2n) is 4.55. The van der Waals surface area contributed by atoms with E-state index in [2.05, 4.69) is 10.1 Å². The number of halogens is 1. The van der Waals surface area contributed by atoms with Gasteiger partial charge in [0.25, 0.3) is 0 Å². The number of aromatic nitrogens is 3. The zero-order valence-corrected chi connectivity index (χ0v) is 12.3. The minimum atomic E-state index is -1.10. The molecule has 1 atom stereocenters. The summed E-state index contributed by atoms with van der Waals surface area (Å²) in [5.41, 5.74) is 0.624. The summed E-state index contributed by atoms with van der Waals surface area (Å²) in [5.74, 6) is 0. The third kappa shape index (κ3) is 2.35. The van der Waals surface area contributed by atoms with Crippen LogP contribution < -0.4 is 0 Å². The highest BCUT2D eigenvalue weighted by atomic mass is 35.5. The molecule has 2 aromatic heterocycles. The molecule has 1 unspecified atom stereocenters. The highest BCUT2D eigenvalue weighted by Crippen LogP contribution is 2.34. The summed E-state index contributed by atoms with van der Waals surface area (Å²) in [6, 6.07) is 9.46. The Hall–Kier alpha value is -1.69. The Labute approximate surface area is 125 Å². The van der Waals surface area contributed by atoms with Crippen molar-refractivity contribution in [3.63, 3.8) is 0 Å². The second-order valence-corrected chi connectivity index (χ2v) is 6.16. The maximum absolute atomic E-state index is 10.7. The van der Waals surface area contributed by atoms with E-state index in [4.69, 9.17) is 11.6 Å². The van der Waals surface area contributed by atoms with Crippen molar-refractivity contribution in [2.45, 2.75) is 12.5 Å². The van der Waals surface area contributed by atoms with Crippen molar-refractivity contribution in [3.8, 4) is 5.69 Å². The number of aliphatic hydroxyl groups is 1. The van der Waals surface area contributed by atoms with Crippen LogP contribution in [0, 0.1) is 0 Å². The minimum absolute atomic E-state index is 0.424. The van der Waals surface area contributed by atoms with Crippen LogP contribution in [0.5, 0.6) is 0 Å². The van der Waals surface area contributed by atoms with E-state index in [9.17, 15) is 5.11 Å². The predicted molar refractivity (Wildman–Crippen MR) is 79.4 cm³/mol. The van der Waals surface area contributed by atoms with E-state index in [-0.39, 0.29) is 0 Å². The Bertz CT molecular complexity index is 704. The number of rotatable bonds is 3. The smallest absolute Gasteiger partial charge is 0.183 e. The van der Waals surface area contributed by atoms with Crippen LogP contribution >= 0.6 is 22.9 Å². The molecule has 0 fully saturated rings. The molecule has 0 aliphatic rings. The molecule has 20 heavy (non-hydrogen) atoms. The fourth-order valence-corrected chi connectivity index (χ4v) is 2.99. The number of thiazole rings is 1. The topological polar surface area (TPSA) is 50.9 Å². The molecule has 3 aromatic rings. The molecule has 102 valence electrons. The Morgan fingerprint density at radius 1 is 1.30 bits per heavy atom. The Balaban J connectivity index is 1.94. The van der Waals surface area contributed by atoms with Crippen LogP contribution in [0.4, 0.5) is 0 Å². The van der Waals surface area contributed by atoms with Crippen LogP contribution in [-0.2, 0) is 5.60 Å². The first-order valence-electron chi connectivity index (χ1n) is 6.02. The number of benzene rings is 1. The fourth-order valence-electron chi connectivity index (χ4n) is 1.98. The van der Waals surface area contributed by atoms with Crippen LogP contribution in [0.2, 0.25) is 4.47 Å². The van der Waals surface area contributed by atoms with E-state index in [0.29, 0.717) is 9.34 Å². The van der Waals surface area contributed by atoms with Crippen molar-refractivity contribution in [3.05, 3.63) is 63.8 Å². The first-order valence-corrected chi connectivity index (χ1v) is 7.21. The molecule has 2 heterocycles. The first-order chi connectivity index (χ1) is 9.57. The highest BCUT2D eigenvalue weighted by molar-refractivity contribution is 7.15. The summed E-state index contributed by atoms with van der Waals surface area (Å²) in [6.45, 7) is 1.74. The van der Waals surface area contributed by atoms with Gasteiger partial charge in [0.05, 0.1) is 10.6 Å². The number of nitrogens with zero attached hydrogens (tertiary/aromatic N) is 3. The Morgan fingerprint density at radius 3 is 2.60 bits per heavy atom. The highest BCUT2D eigenvalue weighted by Gasteiger charge is 2.28. The third-order valence-electron chi connectivity index (χ3n) is 3.16. The van der Waals surface area contributed by atoms with Gasteiger partial charge in [-0.3, -0.25) is 0 Å². The molecule has 3 rings (SSSR count). The summed E-state index contributed by atoms with van der Waals surface area (Å²) < 4.78 is 2.19. The lowest BCUT2D eigenvalue weighted by Crippen LogP contribution is -2.21. The van der Waals surface area contributed by atoms with Gasteiger partial charge in [0.2, 0.25) is 0 Å². The standard InChI is InChI=1S/C14H12ClN3OS/c1-14(19,12-9-16-13(15)20-12)10-3-5-11(6-4-10)18-8-2-7-17-18/h2-9,19H,1H3. The summed E-state index contributed by atoms with van der Waals surface area (Å²) in [6.07, 6.45) is 5.20. The van der Waals surface area contributed by atoms with Crippen LogP contribution in [-0.4, -0.2) is 19.9 Å². The van der Waals surface area contributed by atoms with Crippen molar-refractivity contribution in [1.82, 2.24) is 14.8 Å². The van der Waals surface area contributed by atoms with Crippen molar-refractivity contribution in [1.29, 1.82) is 0 Å². The molecular weight excluding hydrogens is 294 g/mol. The molecule has 0 saturated carbocycles.